The van der Waals surface area contributed by atoms with Crippen molar-refractivity contribution in [1.29, 1.82) is 0 Å². The van der Waals surface area contributed by atoms with Gasteiger partial charge in [0.25, 0.3) is 0 Å². The van der Waals surface area contributed by atoms with E-state index >= 15 is 0 Å². The molecule has 2 heterocycles. The van der Waals surface area contributed by atoms with E-state index in [9.17, 15) is 13.2 Å². The number of hydrogen-bond acceptors (Lipinski definition) is 1. The SMILES string of the molecule is FC(F)(F)[C@]12CCC[C@H](CC1)N2. The summed E-state index contributed by atoms with van der Waals surface area (Å²) in [5, 5.41) is 2.72. The van der Waals surface area contributed by atoms with E-state index in [2.05, 4.69) is 5.32 Å². The monoisotopic (exact) mass is 179 g/mol. The molecule has 0 saturated carbocycles. The summed E-state index contributed by atoms with van der Waals surface area (Å²) in [5.41, 5.74) is -1.52. The van der Waals surface area contributed by atoms with Gasteiger partial charge < -0.3 is 5.32 Å². The summed E-state index contributed by atoms with van der Waals surface area (Å²) in [4.78, 5) is 0. The van der Waals surface area contributed by atoms with Crippen LogP contribution in [0.15, 0.2) is 0 Å². The smallest absolute Gasteiger partial charge is 0.301 e. The predicted octanol–water partition coefficient (Wildman–Crippen LogP) is 2.22. The Morgan fingerprint density at radius 3 is 2.50 bits per heavy atom. The van der Waals surface area contributed by atoms with Crippen LogP contribution >= 0.6 is 0 Å². The fourth-order valence-electron chi connectivity index (χ4n) is 2.38. The molecule has 0 unspecified atom stereocenters. The molecule has 2 bridgehead atoms. The van der Waals surface area contributed by atoms with Gasteiger partial charge in [-0.25, -0.2) is 0 Å². The van der Waals surface area contributed by atoms with Gasteiger partial charge in [-0.1, -0.05) is 0 Å². The summed E-state index contributed by atoms with van der Waals surface area (Å²) in [6.07, 6.45) is -1.18. The number of piperidine rings is 1. The zero-order valence-corrected chi connectivity index (χ0v) is 6.75. The van der Waals surface area contributed by atoms with Crippen LogP contribution in [-0.2, 0) is 0 Å². The van der Waals surface area contributed by atoms with Crippen molar-refractivity contribution in [2.24, 2.45) is 0 Å². The van der Waals surface area contributed by atoms with Crippen molar-refractivity contribution in [3.63, 3.8) is 0 Å². The predicted molar refractivity (Wildman–Crippen MR) is 38.8 cm³/mol. The molecule has 0 aromatic rings. The van der Waals surface area contributed by atoms with Crippen LogP contribution in [0.5, 0.6) is 0 Å². The van der Waals surface area contributed by atoms with Crippen LogP contribution in [0.4, 0.5) is 13.2 Å². The van der Waals surface area contributed by atoms with Gasteiger partial charge in [0.2, 0.25) is 0 Å². The molecule has 4 heteroatoms. The normalized spacial score (nSPS) is 41.8. The second-order valence-electron chi connectivity index (χ2n) is 3.85. The first kappa shape index (κ1) is 8.35. The van der Waals surface area contributed by atoms with Gasteiger partial charge in [-0.15, -0.1) is 0 Å². The van der Waals surface area contributed by atoms with Crippen molar-refractivity contribution in [1.82, 2.24) is 5.32 Å². The molecule has 2 aliphatic rings. The third kappa shape index (κ3) is 1.04. The third-order valence-corrected chi connectivity index (χ3v) is 3.10. The molecule has 0 aliphatic carbocycles. The van der Waals surface area contributed by atoms with Crippen molar-refractivity contribution in [2.45, 2.75) is 49.9 Å². The first-order chi connectivity index (χ1) is 5.54. The zero-order valence-electron chi connectivity index (χ0n) is 6.75. The number of fused-ring (bicyclic) bond motifs is 2. The molecule has 12 heavy (non-hydrogen) atoms. The topological polar surface area (TPSA) is 12.0 Å². The number of hydrogen-bond donors (Lipinski definition) is 1. The Morgan fingerprint density at radius 2 is 1.92 bits per heavy atom. The number of nitrogens with one attached hydrogen (secondary N) is 1. The molecule has 0 spiro atoms. The summed E-state index contributed by atoms with van der Waals surface area (Å²) in [7, 11) is 0. The molecular weight excluding hydrogens is 167 g/mol. The van der Waals surface area contributed by atoms with Crippen LogP contribution in [0.3, 0.4) is 0 Å². The Bertz CT molecular complexity index is 185. The minimum atomic E-state index is -4.05. The summed E-state index contributed by atoms with van der Waals surface area (Å²) >= 11 is 0. The first-order valence-electron chi connectivity index (χ1n) is 4.38. The van der Waals surface area contributed by atoms with Gasteiger partial charge in [-0.2, -0.15) is 13.2 Å². The molecule has 2 rings (SSSR count). The van der Waals surface area contributed by atoms with Crippen molar-refractivity contribution >= 4 is 0 Å². The van der Waals surface area contributed by atoms with Crippen LogP contribution in [0.25, 0.3) is 0 Å². The van der Waals surface area contributed by atoms with Crippen LogP contribution in [-0.4, -0.2) is 17.8 Å². The van der Waals surface area contributed by atoms with E-state index in [0.717, 1.165) is 12.8 Å². The van der Waals surface area contributed by atoms with Crippen LogP contribution < -0.4 is 5.32 Å². The summed E-state index contributed by atoms with van der Waals surface area (Å²) in [6, 6.07) is 0.125. The lowest BCUT2D eigenvalue weighted by atomic mass is 9.90. The summed E-state index contributed by atoms with van der Waals surface area (Å²) in [6.45, 7) is 0. The van der Waals surface area contributed by atoms with E-state index in [-0.39, 0.29) is 18.9 Å². The minimum Gasteiger partial charge on any atom is -0.301 e. The molecule has 0 radical (unpaired) electrons. The summed E-state index contributed by atoms with van der Waals surface area (Å²) in [5.74, 6) is 0. The third-order valence-electron chi connectivity index (χ3n) is 3.10. The number of alkyl halides is 3. The maximum Gasteiger partial charge on any atom is 0.406 e. The minimum absolute atomic E-state index is 0.125. The highest BCUT2D eigenvalue weighted by molar-refractivity contribution is 5.05. The molecule has 2 atom stereocenters. The molecule has 1 nitrogen and oxygen atoms in total. The van der Waals surface area contributed by atoms with E-state index in [1.54, 1.807) is 0 Å². The molecule has 2 fully saturated rings. The lowest BCUT2D eigenvalue weighted by molar-refractivity contribution is -0.198. The molecule has 1 N–H and O–H groups in total. The largest absolute Gasteiger partial charge is 0.406 e. The van der Waals surface area contributed by atoms with Crippen LogP contribution in [0.2, 0.25) is 0 Å². The second-order valence-corrected chi connectivity index (χ2v) is 3.85. The van der Waals surface area contributed by atoms with Crippen LogP contribution in [0.1, 0.15) is 32.1 Å². The average molecular weight is 179 g/mol. The van der Waals surface area contributed by atoms with Crippen molar-refractivity contribution in [3.8, 4) is 0 Å². The lowest BCUT2D eigenvalue weighted by Gasteiger charge is -2.36. The van der Waals surface area contributed by atoms with E-state index in [1.165, 1.54) is 0 Å². The van der Waals surface area contributed by atoms with Gasteiger partial charge >= 0.3 is 6.18 Å². The standard InChI is InChI=1S/C8H12F3N/c9-8(10,11)7-4-1-2-6(12-7)3-5-7/h6,12H,1-5H2/t6-,7+/m1/s1. The molecular formula is C8H12F3N. The van der Waals surface area contributed by atoms with Crippen molar-refractivity contribution in [2.75, 3.05) is 0 Å². The maximum absolute atomic E-state index is 12.6. The zero-order chi connectivity index (χ0) is 8.82. The van der Waals surface area contributed by atoms with E-state index < -0.39 is 11.7 Å². The Labute approximate surface area is 69.3 Å². The molecule has 0 aromatic heterocycles. The van der Waals surface area contributed by atoms with E-state index in [1.807, 2.05) is 0 Å². The maximum atomic E-state index is 12.6. The van der Waals surface area contributed by atoms with Gasteiger partial charge in [0, 0.05) is 6.04 Å². The quantitative estimate of drug-likeness (QED) is 0.601. The average Bonchev–Trinajstić information content (AvgIpc) is 2.27. The second kappa shape index (κ2) is 2.37. The highest BCUT2D eigenvalue weighted by Crippen LogP contribution is 2.45. The highest BCUT2D eigenvalue weighted by Gasteiger charge is 2.58. The Morgan fingerprint density at radius 1 is 1.17 bits per heavy atom. The van der Waals surface area contributed by atoms with Gasteiger partial charge in [0.1, 0.15) is 5.54 Å². The van der Waals surface area contributed by atoms with Gasteiger partial charge in [-0.05, 0) is 32.1 Å². The van der Waals surface area contributed by atoms with Crippen molar-refractivity contribution < 1.29 is 13.2 Å². The first-order valence-corrected chi connectivity index (χ1v) is 4.38. The number of halogens is 3. The highest BCUT2D eigenvalue weighted by atomic mass is 19.4. The number of rotatable bonds is 0. The summed E-state index contributed by atoms with van der Waals surface area (Å²) < 4.78 is 37.7. The molecule has 70 valence electrons. The Hall–Kier alpha value is -0.250. The lowest BCUT2D eigenvalue weighted by Crippen LogP contribution is -2.56. The molecule has 0 amide bonds. The van der Waals surface area contributed by atoms with Crippen LogP contribution in [0, 0.1) is 0 Å². The molecule has 0 aromatic carbocycles. The van der Waals surface area contributed by atoms with E-state index in [4.69, 9.17) is 0 Å². The molecule has 2 saturated heterocycles. The van der Waals surface area contributed by atoms with Gasteiger partial charge in [0.15, 0.2) is 0 Å². The fourth-order valence-corrected chi connectivity index (χ4v) is 2.38. The van der Waals surface area contributed by atoms with Gasteiger partial charge in [-0.3, -0.25) is 0 Å². The van der Waals surface area contributed by atoms with Gasteiger partial charge in [0.05, 0.1) is 0 Å². The van der Waals surface area contributed by atoms with Crippen molar-refractivity contribution in [3.05, 3.63) is 0 Å². The Balaban J connectivity index is 2.21. The Kier molecular flexibility index (Phi) is 1.65. The van der Waals surface area contributed by atoms with E-state index in [0.29, 0.717) is 6.42 Å². The molecule has 2 aliphatic heterocycles. The fraction of sp³-hybridized carbons (Fsp3) is 1.00.